The second-order valence-electron chi connectivity index (χ2n) is 1.39. The minimum atomic E-state index is 0.301. The molecule has 5 heteroatoms. The number of nitrogens with two attached hydrogens (primary N) is 2. The van der Waals surface area contributed by atoms with Gasteiger partial charge in [-0.15, -0.1) is 6.58 Å². The largest absolute Gasteiger partial charge is 0.300 e. The zero-order valence-electron chi connectivity index (χ0n) is 5.00. The van der Waals surface area contributed by atoms with E-state index >= 15 is 0 Å². The van der Waals surface area contributed by atoms with E-state index in [4.69, 9.17) is 11.7 Å². The molecule has 0 fully saturated rings. The number of hydrazine groups is 2. The van der Waals surface area contributed by atoms with Crippen molar-refractivity contribution in [2.24, 2.45) is 11.7 Å². The molecule has 0 aliphatic rings. The summed E-state index contributed by atoms with van der Waals surface area (Å²) in [5, 5.41) is 1.58. The SMILES string of the molecule is C=CCN(N)C(=S)NN. The molecule has 0 unspecified atom stereocenters. The molecule has 0 saturated heterocycles. The number of rotatable bonds is 2. The summed E-state index contributed by atoms with van der Waals surface area (Å²) in [6.07, 6.45) is 1.63. The van der Waals surface area contributed by atoms with Crippen molar-refractivity contribution >= 4 is 17.3 Å². The van der Waals surface area contributed by atoms with Gasteiger partial charge in [-0.3, -0.25) is 10.4 Å². The Morgan fingerprint density at radius 2 is 2.44 bits per heavy atom. The quantitative estimate of drug-likeness (QED) is 0.204. The summed E-state index contributed by atoms with van der Waals surface area (Å²) < 4.78 is 0. The summed E-state index contributed by atoms with van der Waals surface area (Å²) >= 11 is 4.66. The number of thiocarbonyl (C=S) groups is 1. The molecule has 0 amide bonds. The lowest BCUT2D eigenvalue weighted by Crippen LogP contribution is -2.47. The van der Waals surface area contributed by atoms with Gasteiger partial charge >= 0.3 is 0 Å². The molecule has 0 saturated carbocycles. The maximum Gasteiger partial charge on any atom is 0.197 e. The predicted octanol–water partition coefficient (Wildman–Crippen LogP) is -0.904. The fraction of sp³-hybridized carbons (Fsp3) is 0.250. The first kappa shape index (κ1) is 8.35. The molecule has 0 bridgehead atoms. The molecule has 5 N–H and O–H groups in total. The van der Waals surface area contributed by atoms with Crippen LogP contribution in [-0.4, -0.2) is 16.7 Å². The van der Waals surface area contributed by atoms with E-state index in [2.05, 4.69) is 24.2 Å². The maximum atomic E-state index is 5.32. The van der Waals surface area contributed by atoms with Crippen LogP contribution in [0.3, 0.4) is 0 Å². The van der Waals surface area contributed by atoms with Crippen LogP contribution in [0.4, 0.5) is 0 Å². The number of hydrogen-bond donors (Lipinski definition) is 3. The van der Waals surface area contributed by atoms with E-state index in [9.17, 15) is 0 Å². The van der Waals surface area contributed by atoms with Crippen LogP contribution in [0.25, 0.3) is 0 Å². The van der Waals surface area contributed by atoms with Crippen LogP contribution in [0.5, 0.6) is 0 Å². The van der Waals surface area contributed by atoms with Crippen molar-refractivity contribution in [1.82, 2.24) is 10.4 Å². The lowest BCUT2D eigenvalue weighted by molar-refractivity contribution is 0.480. The first-order chi connectivity index (χ1) is 4.22. The molecule has 0 aliphatic carbocycles. The van der Waals surface area contributed by atoms with Gasteiger partial charge in [-0.25, -0.2) is 11.7 Å². The first-order valence-corrected chi connectivity index (χ1v) is 2.77. The molecule has 0 aromatic carbocycles. The number of nitrogens with zero attached hydrogens (tertiary/aromatic N) is 1. The van der Waals surface area contributed by atoms with Gasteiger partial charge in [0.05, 0.1) is 6.54 Å². The summed E-state index contributed by atoms with van der Waals surface area (Å²) in [6.45, 7) is 3.96. The third-order valence-corrected chi connectivity index (χ3v) is 1.06. The highest BCUT2D eigenvalue weighted by molar-refractivity contribution is 7.80. The van der Waals surface area contributed by atoms with Gasteiger partial charge < -0.3 is 0 Å². The van der Waals surface area contributed by atoms with E-state index in [0.29, 0.717) is 11.7 Å². The average molecular weight is 146 g/mol. The topological polar surface area (TPSA) is 67.3 Å². The van der Waals surface area contributed by atoms with Crippen LogP contribution in [-0.2, 0) is 0 Å². The monoisotopic (exact) mass is 146 g/mol. The van der Waals surface area contributed by atoms with Gasteiger partial charge in [-0.05, 0) is 12.2 Å². The third-order valence-electron chi connectivity index (χ3n) is 0.710. The Hall–Kier alpha value is -0.650. The first-order valence-electron chi connectivity index (χ1n) is 2.36. The molecule has 0 heterocycles. The third kappa shape index (κ3) is 3.02. The summed E-state index contributed by atoms with van der Waals surface area (Å²) in [5.74, 6) is 10.3. The lowest BCUT2D eigenvalue weighted by Gasteiger charge is -2.15. The van der Waals surface area contributed by atoms with Crippen LogP contribution < -0.4 is 17.1 Å². The van der Waals surface area contributed by atoms with Gasteiger partial charge in [-0.2, -0.15) is 0 Å². The Morgan fingerprint density at radius 3 is 2.78 bits per heavy atom. The van der Waals surface area contributed by atoms with Gasteiger partial charge in [0.15, 0.2) is 5.11 Å². The standard InChI is InChI=1S/C4H10N4S/c1-2-3-8(6)4(9)7-5/h2H,1,3,5-6H2,(H,7,9). The molecule has 4 nitrogen and oxygen atoms in total. The lowest BCUT2D eigenvalue weighted by atomic mass is 10.6. The van der Waals surface area contributed by atoms with Gasteiger partial charge in [0.2, 0.25) is 0 Å². The Labute approximate surface area is 59.4 Å². The highest BCUT2D eigenvalue weighted by Crippen LogP contribution is 1.77. The number of nitrogens with one attached hydrogen (secondary N) is 1. The molecule has 0 spiro atoms. The van der Waals surface area contributed by atoms with Gasteiger partial charge in [0.1, 0.15) is 0 Å². The fourth-order valence-corrected chi connectivity index (χ4v) is 0.379. The van der Waals surface area contributed by atoms with Crippen LogP contribution in [0.2, 0.25) is 0 Å². The van der Waals surface area contributed by atoms with Crippen molar-refractivity contribution in [3.63, 3.8) is 0 Å². The summed E-state index contributed by atoms with van der Waals surface area (Å²) in [7, 11) is 0. The van der Waals surface area contributed by atoms with Gasteiger partial charge in [0, 0.05) is 0 Å². The summed E-state index contributed by atoms with van der Waals surface area (Å²) in [4.78, 5) is 0. The molecule has 0 aliphatic heterocycles. The molecule has 0 atom stereocenters. The van der Waals surface area contributed by atoms with Crippen molar-refractivity contribution in [2.75, 3.05) is 6.54 Å². The van der Waals surface area contributed by atoms with Crippen LogP contribution >= 0.6 is 12.2 Å². The number of hydrogen-bond acceptors (Lipinski definition) is 3. The minimum Gasteiger partial charge on any atom is -0.300 e. The molecule has 0 aromatic heterocycles. The van der Waals surface area contributed by atoms with Crippen molar-refractivity contribution in [1.29, 1.82) is 0 Å². The van der Waals surface area contributed by atoms with Crippen molar-refractivity contribution < 1.29 is 0 Å². The van der Waals surface area contributed by atoms with E-state index in [1.165, 1.54) is 5.01 Å². The van der Waals surface area contributed by atoms with Crippen molar-refractivity contribution in [3.8, 4) is 0 Å². The molecular weight excluding hydrogens is 136 g/mol. The molecular formula is C4H10N4S. The Bertz CT molecular complexity index is 113. The highest BCUT2D eigenvalue weighted by Gasteiger charge is 1.96. The second kappa shape index (κ2) is 4.25. The molecule has 9 heavy (non-hydrogen) atoms. The van der Waals surface area contributed by atoms with E-state index in [1.807, 2.05) is 0 Å². The average Bonchev–Trinajstić information content (AvgIpc) is 1.87. The highest BCUT2D eigenvalue weighted by atomic mass is 32.1. The minimum absolute atomic E-state index is 0.301. The maximum absolute atomic E-state index is 5.32. The Balaban J connectivity index is 3.58. The molecule has 0 rings (SSSR count). The Morgan fingerprint density at radius 1 is 1.89 bits per heavy atom. The van der Waals surface area contributed by atoms with Gasteiger partial charge in [-0.1, -0.05) is 6.08 Å². The summed E-state index contributed by atoms with van der Waals surface area (Å²) in [6, 6.07) is 0. The van der Waals surface area contributed by atoms with Crippen LogP contribution in [0, 0.1) is 0 Å². The molecule has 52 valence electrons. The second-order valence-corrected chi connectivity index (χ2v) is 1.78. The van der Waals surface area contributed by atoms with Crippen molar-refractivity contribution in [3.05, 3.63) is 12.7 Å². The van der Waals surface area contributed by atoms with Crippen LogP contribution in [0.1, 0.15) is 0 Å². The predicted molar refractivity (Wildman–Crippen MR) is 41.0 cm³/mol. The van der Waals surface area contributed by atoms with E-state index < -0.39 is 0 Å². The van der Waals surface area contributed by atoms with Crippen molar-refractivity contribution in [2.45, 2.75) is 0 Å². The zero-order chi connectivity index (χ0) is 7.28. The summed E-state index contributed by atoms with van der Waals surface area (Å²) in [5.41, 5.74) is 2.23. The van der Waals surface area contributed by atoms with E-state index in [1.54, 1.807) is 6.08 Å². The normalized spacial score (nSPS) is 8.22. The molecule has 0 aromatic rings. The molecule has 0 radical (unpaired) electrons. The van der Waals surface area contributed by atoms with E-state index in [-0.39, 0.29) is 0 Å². The van der Waals surface area contributed by atoms with Crippen LogP contribution in [0.15, 0.2) is 12.7 Å². The van der Waals surface area contributed by atoms with Gasteiger partial charge in [0.25, 0.3) is 0 Å². The smallest absolute Gasteiger partial charge is 0.197 e. The van der Waals surface area contributed by atoms with E-state index in [0.717, 1.165) is 0 Å². The zero-order valence-corrected chi connectivity index (χ0v) is 5.82. The Kier molecular flexibility index (Phi) is 3.94. The fourth-order valence-electron chi connectivity index (χ4n) is 0.305.